The molecule has 0 aliphatic carbocycles. The number of hydrogen-bond donors (Lipinski definition) is 2. The predicted molar refractivity (Wildman–Crippen MR) is 110 cm³/mol. The molecule has 2 atom stereocenters. The van der Waals surface area contributed by atoms with Gasteiger partial charge in [0.25, 0.3) is 0 Å². The molecule has 2 aromatic rings. The minimum atomic E-state index is 0. The number of benzene rings is 1. The predicted octanol–water partition coefficient (Wildman–Crippen LogP) is 3.65. The number of carbonyl (C=O) groups excluding carboxylic acids is 1. The summed E-state index contributed by atoms with van der Waals surface area (Å²) in [6.45, 7) is 7.10. The van der Waals surface area contributed by atoms with E-state index in [9.17, 15) is 4.79 Å². The molecule has 1 aromatic carbocycles. The van der Waals surface area contributed by atoms with Gasteiger partial charge >= 0.3 is 0 Å². The van der Waals surface area contributed by atoms with Gasteiger partial charge in [-0.2, -0.15) is 5.10 Å². The summed E-state index contributed by atoms with van der Waals surface area (Å²) >= 11 is 0. The lowest BCUT2D eigenvalue weighted by Gasteiger charge is -2.17. The molecule has 1 aromatic heterocycles. The standard InChI is InChI=1S/C19H26N4O.2ClH/c1-13-11-14(2)23(22-13)18-8-6-16(7-9-18)15(3)21-19(24)12-17-5-4-10-20-17;;/h6-9,11,15,17,20H,4-5,10,12H2,1-3H3,(H,21,24);2*1H. The Morgan fingerprint density at radius 1 is 1.31 bits per heavy atom. The van der Waals surface area contributed by atoms with Crippen LogP contribution in [0.25, 0.3) is 5.69 Å². The Morgan fingerprint density at radius 2 is 2.00 bits per heavy atom. The second-order valence-electron chi connectivity index (χ2n) is 6.72. The van der Waals surface area contributed by atoms with Gasteiger partial charge in [0.05, 0.1) is 17.4 Å². The van der Waals surface area contributed by atoms with Gasteiger partial charge in [-0.15, -0.1) is 24.8 Å². The highest BCUT2D eigenvalue weighted by Crippen LogP contribution is 2.18. The van der Waals surface area contributed by atoms with E-state index in [1.54, 1.807) is 0 Å². The first-order chi connectivity index (χ1) is 11.5. The molecule has 1 amide bonds. The summed E-state index contributed by atoms with van der Waals surface area (Å²) in [5, 5.41) is 11.0. The Labute approximate surface area is 167 Å². The van der Waals surface area contributed by atoms with Crippen molar-refractivity contribution in [3.05, 3.63) is 47.3 Å². The van der Waals surface area contributed by atoms with Crippen LogP contribution in [0.2, 0.25) is 0 Å². The van der Waals surface area contributed by atoms with Gasteiger partial charge < -0.3 is 10.6 Å². The van der Waals surface area contributed by atoms with Gasteiger partial charge in [-0.3, -0.25) is 4.79 Å². The lowest BCUT2D eigenvalue weighted by atomic mass is 10.1. The van der Waals surface area contributed by atoms with Gasteiger partial charge in [-0.1, -0.05) is 12.1 Å². The lowest BCUT2D eigenvalue weighted by molar-refractivity contribution is -0.122. The van der Waals surface area contributed by atoms with E-state index in [0.717, 1.165) is 35.6 Å². The second-order valence-corrected chi connectivity index (χ2v) is 6.72. The molecule has 0 saturated carbocycles. The van der Waals surface area contributed by atoms with E-state index in [0.29, 0.717) is 12.5 Å². The molecule has 1 fully saturated rings. The molecule has 1 saturated heterocycles. The molecule has 2 N–H and O–H groups in total. The minimum Gasteiger partial charge on any atom is -0.350 e. The normalized spacial score (nSPS) is 17.1. The maximum Gasteiger partial charge on any atom is 0.222 e. The second kappa shape index (κ2) is 9.95. The Kier molecular flexibility index (Phi) is 8.60. The topological polar surface area (TPSA) is 59.0 Å². The highest BCUT2D eigenvalue weighted by Gasteiger charge is 2.19. The van der Waals surface area contributed by atoms with Gasteiger partial charge in [-0.25, -0.2) is 4.68 Å². The zero-order valence-corrected chi connectivity index (χ0v) is 17.1. The number of halogens is 2. The summed E-state index contributed by atoms with van der Waals surface area (Å²) in [6, 6.07) is 10.6. The molecule has 26 heavy (non-hydrogen) atoms. The number of nitrogens with zero attached hydrogens (tertiary/aromatic N) is 2. The van der Waals surface area contributed by atoms with E-state index >= 15 is 0 Å². The number of rotatable bonds is 5. The number of nitrogens with one attached hydrogen (secondary N) is 2. The van der Waals surface area contributed by atoms with E-state index < -0.39 is 0 Å². The third kappa shape index (κ3) is 5.47. The van der Waals surface area contributed by atoms with E-state index in [4.69, 9.17) is 0 Å². The molecular weight excluding hydrogens is 371 g/mol. The fourth-order valence-corrected chi connectivity index (χ4v) is 3.33. The van der Waals surface area contributed by atoms with Crippen molar-refractivity contribution in [2.45, 2.75) is 52.1 Å². The molecule has 0 radical (unpaired) electrons. The van der Waals surface area contributed by atoms with Crippen LogP contribution in [0.15, 0.2) is 30.3 Å². The summed E-state index contributed by atoms with van der Waals surface area (Å²) in [5.74, 6) is 0.115. The van der Waals surface area contributed by atoms with E-state index in [2.05, 4.69) is 46.1 Å². The Morgan fingerprint density at radius 3 is 2.54 bits per heavy atom. The molecule has 2 unspecified atom stereocenters. The van der Waals surface area contributed by atoms with Crippen LogP contribution in [-0.2, 0) is 4.79 Å². The van der Waals surface area contributed by atoms with Crippen molar-refractivity contribution in [1.82, 2.24) is 20.4 Å². The molecule has 0 spiro atoms. The average molecular weight is 399 g/mol. The monoisotopic (exact) mass is 398 g/mol. The first-order valence-electron chi connectivity index (χ1n) is 8.69. The smallest absolute Gasteiger partial charge is 0.222 e. The Balaban J connectivity index is 0.00000169. The number of hydrogen-bond acceptors (Lipinski definition) is 3. The summed E-state index contributed by atoms with van der Waals surface area (Å²) in [4.78, 5) is 12.2. The highest BCUT2D eigenvalue weighted by molar-refractivity contribution is 5.85. The fraction of sp³-hybridized carbons (Fsp3) is 0.474. The zero-order valence-electron chi connectivity index (χ0n) is 15.5. The van der Waals surface area contributed by atoms with E-state index in [1.807, 2.05) is 25.5 Å². The van der Waals surface area contributed by atoms with Gasteiger partial charge in [0.2, 0.25) is 5.91 Å². The highest BCUT2D eigenvalue weighted by atomic mass is 35.5. The molecule has 1 aliphatic heterocycles. The number of amides is 1. The maximum atomic E-state index is 12.2. The van der Waals surface area contributed by atoms with Crippen LogP contribution >= 0.6 is 24.8 Å². The summed E-state index contributed by atoms with van der Waals surface area (Å²) < 4.78 is 1.94. The first-order valence-corrected chi connectivity index (χ1v) is 8.69. The van der Waals surface area contributed by atoms with Crippen LogP contribution < -0.4 is 10.6 Å². The molecule has 7 heteroatoms. The van der Waals surface area contributed by atoms with E-state index in [-0.39, 0.29) is 36.8 Å². The zero-order chi connectivity index (χ0) is 17.1. The largest absolute Gasteiger partial charge is 0.350 e. The van der Waals surface area contributed by atoms with Crippen molar-refractivity contribution in [3.8, 4) is 5.69 Å². The Bertz CT molecular complexity index is 709. The third-order valence-corrected chi connectivity index (χ3v) is 4.62. The third-order valence-electron chi connectivity index (χ3n) is 4.62. The first kappa shape index (κ1) is 22.5. The van der Waals surface area contributed by atoms with Crippen LogP contribution in [0.3, 0.4) is 0 Å². The fourth-order valence-electron chi connectivity index (χ4n) is 3.33. The average Bonchev–Trinajstić information content (AvgIpc) is 3.16. The minimum absolute atomic E-state index is 0. The summed E-state index contributed by atoms with van der Waals surface area (Å²) in [7, 11) is 0. The van der Waals surface area contributed by atoms with Crippen molar-refractivity contribution in [2.24, 2.45) is 0 Å². The molecule has 3 rings (SSSR count). The van der Waals surface area contributed by atoms with Gasteiger partial charge in [0.15, 0.2) is 0 Å². The van der Waals surface area contributed by atoms with Crippen LogP contribution in [0.5, 0.6) is 0 Å². The molecule has 1 aliphatic rings. The van der Waals surface area contributed by atoms with Crippen LogP contribution in [0, 0.1) is 13.8 Å². The lowest BCUT2D eigenvalue weighted by Crippen LogP contribution is -2.33. The van der Waals surface area contributed by atoms with Gasteiger partial charge in [0.1, 0.15) is 0 Å². The maximum absolute atomic E-state index is 12.2. The van der Waals surface area contributed by atoms with Crippen LogP contribution in [0.1, 0.15) is 49.2 Å². The Hall–Kier alpha value is -1.56. The molecule has 2 heterocycles. The number of aryl methyl sites for hydroxylation is 2. The van der Waals surface area contributed by atoms with Crippen molar-refractivity contribution in [2.75, 3.05) is 6.54 Å². The molecule has 5 nitrogen and oxygen atoms in total. The molecular formula is C19H28Cl2N4O. The van der Waals surface area contributed by atoms with Crippen LogP contribution in [0.4, 0.5) is 0 Å². The van der Waals surface area contributed by atoms with Crippen molar-refractivity contribution >= 4 is 30.7 Å². The van der Waals surface area contributed by atoms with E-state index in [1.165, 1.54) is 6.42 Å². The summed E-state index contributed by atoms with van der Waals surface area (Å²) in [6.07, 6.45) is 2.83. The number of aromatic nitrogens is 2. The SMILES string of the molecule is Cc1cc(C)n(-c2ccc(C(C)NC(=O)CC3CCCN3)cc2)n1.Cl.Cl. The van der Waals surface area contributed by atoms with Crippen molar-refractivity contribution in [1.29, 1.82) is 0 Å². The van der Waals surface area contributed by atoms with Gasteiger partial charge in [0, 0.05) is 18.2 Å². The van der Waals surface area contributed by atoms with Crippen molar-refractivity contribution < 1.29 is 4.79 Å². The van der Waals surface area contributed by atoms with Crippen LogP contribution in [-0.4, -0.2) is 28.3 Å². The number of carbonyl (C=O) groups is 1. The van der Waals surface area contributed by atoms with Gasteiger partial charge in [-0.05, 0) is 63.9 Å². The summed E-state index contributed by atoms with van der Waals surface area (Å²) in [5.41, 5.74) is 4.27. The molecule has 0 bridgehead atoms. The quantitative estimate of drug-likeness (QED) is 0.807. The van der Waals surface area contributed by atoms with Crippen molar-refractivity contribution in [3.63, 3.8) is 0 Å². The molecule has 144 valence electrons.